The number of benzene rings is 1. The summed E-state index contributed by atoms with van der Waals surface area (Å²) in [7, 11) is 0. The predicted octanol–water partition coefficient (Wildman–Crippen LogP) is 4.20. The van der Waals surface area contributed by atoms with Crippen LogP contribution in [0.5, 0.6) is 0 Å². The molecular weight excluding hydrogens is 298 g/mol. The number of H-pyrrole nitrogens is 2. The Bertz CT molecular complexity index is 1020. The van der Waals surface area contributed by atoms with E-state index in [2.05, 4.69) is 50.5 Å². The SMILES string of the molecule is Cc1[nH]nc(C2CC2)c1-c1ccc2c(-c3ccncc3)n[nH]c2c1. The zero-order valence-electron chi connectivity index (χ0n) is 13.4. The van der Waals surface area contributed by atoms with Crippen LogP contribution in [-0.2, 0) is 0 Å². The van der Waals surface area contributed by atoms with Crippen molar-refractivity contribution in [3.8, 4) is 22.4 Å². The molecule has 3 aromatic heterocycles. The molecule has 1 aliphatic carbocycles. The Balaban J connectivity index is 1.64. The highest BCUT2D eigenvalue weighted by Crippen LogP contribution is 2.44. The first-order chi connectivity index (χ1) is 11.8. The largest absolute Gasteiger partial charge is 0.282 e. The molecular formula is C19H17N5. The number of aromatic amines is 2. The van der Waals surface area contributed by atoms with E-state index in [1.807, 2.05) is 12.1 Å². The fraction of sp³-hybridized carbons (Fsp3) is 0.211. The Labute approximate surface area is 139 Å². The fourth-order valence-electron chi connectivity index (χ4n) is 3.37. The number of aromatic nitrogens is 5. The van der Waals surface area contributed by atoms with Gasteiger partial charge in [0.2, 0.25) is 0 Å². The van der Waals surface area contributed by atoms with Crippen LogP contribution < -0.4 is 0 Å². The summed E-state index contributed by atoms with van der Waals surface area (Å²) < 4.78 is 0. The van der Waals surface area contributed by atoms with Gasteiger partial charge < -0.3 is 0 Å². The van der Waals surface area contributed by atoms with E-state index in [-0.39, 0.29) is 0 Å². The molecule has 2 N–H and O–H groups in total. The second-order valence-corrected chi connectivity index (χ2v) is 6.45. The van der Waals surface area contributed by atoms with Crippen LogP contribution in [-0.4, -0.2) is 25.4 Å². The number of fused-ring (bicyclic) bond motifs is 1. The van der Waals surface area contributed by atoms with Crippen molar-refractivity contribution >= 4 is 10.9 Å². The molecule has 0 spiro atoms. The molecule has 0 unspecified atom stereocenters. The van der Waals surface area contributed by atoms with Crippen molar-refractivity contribution in [1.82, 2.24) is 25.4 Å². The lowest BCUT2D eigenvalue weighted by atomic mass is 9.99. The highest BCUT2D eigenvalue weighted by atomic mass is 15.1. The van der Waals surface area contributed by atoms with E-state index < -0.39 is 0 Å². The molecule has 0 saturated heterocycles. The summed E-state index contributed by atoms with van der Waals surface area (Å²) in [4.78, 5) is 4.08. The van der Waals surface area contributed by atoms with Gasteiger partial charge in [-0.25, -0.2) is 0 Å². The molecule has 1 saturated carbocycles. The third-order valence-electron chi connectivity index (χ3n) is 4.74. The van der Waals surface area contributed by atoms with E-state index in [1.165, 1.54) is 29.7 Å². The van der Waals surface area contributed by atoms with Gasteiger partial charge in [-0.3, -0.25) is 15.2 Å². The number of rotatable bonds is 3. The maximum atomic E-state index is 4.53. The molecule has 1 fully saturated rings. The lowest BCUT2D eigenvalue weighted by Crippen LogP contribution is -1.86. The normalized spacial score (nSPS) is 14.4. The minimum atomic E-state index is 0.620. The highest BCUT2D eigenvalue weighted by Gasteiger charge is 2.30. The molecule has 1 aromatic carbocycles. The van der Waals surface area contributed by atoms with Crippen molar-refractivity contribution in [3.63, 3.8) is 0 Å². The maximum Gasteiger partial charge on any atom is 0.100 e. The molecule has 0 radical (unpaired) electrons. The van der Waals surface area contributed by atoms with E-state index in [4.69, 9.17) is 0 Å². The third kappa shape index (κ3) is 2.05. The Kier molecular flexibility index (Phi) is 2.82. The van der Waals surface area contributed by atoms with Gasteiger partial charge in [-0.15, -0.1) is 0 Å². The van der Waals surface area contributed by atoms with Crippen molar-refractivity contribution in [2.24, 2.45) is 0 Å². The van der Waals surface area contributed by atoms with Crippen LogP contribution in [0.2, 0.25) is 0 Å². The van der Waals surface area contributed by atoms with Crippen molar-refractivity contribution < 1.29 is 0 Å². The van der Waals surface area contributed by atoms with Crippen molar-refractivity contribution in [3.05, 3.63) is 54.1 Å². The molecule has 5 rings (SSSR count). The van der Waals surface area contributed by atoms with Crippen LogP contribution >= 0.6 is 0 Å². The topological polar surface area (TPSA) is 70.2 Å². The van der Waals surface area contributed by atoms with E-state index in [9.17, 15) is 0 Å². The van der Waals surface area contributed by atoms with Gasteiger partial charge in [-0.05, 0) is 49.6 Å². The predicted molar refractivity (Wildman–Crippen MR) is 93.6 cm³/mol. The first-order valence-electron chi connectivity index (χ1n) is 8.25. The molecule has 0 aliphatic heterocycles. The molecule has 5 nitrogen and oxygen atoms in total. The Morgan fingerprint density at radius 2 is 1.79 bits per heavy atom. The third-order valence-corrected chi connectivity index (χ3v) is 4.74. The summed E-state index contributed by atoms with van der Waals surface area (Å²) in [6.07, 6.45) is 6.08. The quantitative estimate of drug-likeness (QED) is 0.595. The monoisotopic (exact) mass is 315 g/mol. The van der Waals surface area contributed by atoms with Gasteiger partial charge in [0.1, 0.15) is 5.69 Å². The van der Waals surface area contributed by atoms with Gasteiger partial charge in [0, 0.05) is 40.5 Å². The number of nitrogens with one attached hydrogen (secondary N) is 2. The van der Waals surface area contributed by atoms with Gasteiger partial charge in [0.05, 0.1) is 11.2 Å². The van der Waals surface area contributed by atoms with E-state index >= 15 is 0 Å². The molecule has 24 heavy (non-hydrogen) atoms. The van der Waals surface area contributed by atoms with Gasteiger partial charge >= 0.3 is 0 Å². The zero-order valence-corrected chi connectivity index (χ0v) is 13.4. The maximum absolute atomic E-state index is 4.53. The summed E-state index contributed by atoms with van der Waals surface area (Å²) in [5, 5.41) is 16.5. The van der Waals surface area contributed by atoms with Gasteiger partial charge in [0.25, 0.3) is 0 Å². The van der Waals surface area contributed by atoms with Gasteiger partial charge in [-0.1, -0.05) is 6.07 Å². The lowest BCUT2D eigenvalue weighted by molar-refractivity contribution is 0.954. The van der Waals surface area contributed by atoms with Crippen LogP contribution in [0.15, 0.2) is 42.7 Å². The Morgan fingerprint density at radius 3 is 2.58 bits per heavy atom. The number of hydrogen-bond donors (Lipinski definition) is 2. The molecule has 0 amide bonds. The number of hydrogen-bond acceptors (Lipinski definition) is 3. The lowest BCUT2D eigenvalue weighted by Gasteiger charge is -2.04. The van der Waals surface area contributed by atoms with Crippen LogP contribution in [0.3, 0.4) is 0 Å². The van der Waals surface area contributed by atoms with E-state index in [1.54, 1.807) is 12.4 Å². The second-order valence-electron chi connectivity index (χ2n) is 6.45. The minimum absolute atomic E-state index is 0.620. The fourth-order valence-corrected chi connectivity index (χ4v) is 3.37. The van der Waals surface area contributed by atoms with Crippen LogP contribution in [0.25, 0.3) is 33.3 Å². The minimum Gasteiger partial charge on any atom is -0.282 e. The van der Waals surface area contributed by atoms with Crippen LogP contribution in [0.4, 0.5) is 0 Å². The summed E-state index contributed by atoms with van der Waals surface area (Å²) in [5.41, 5.74) is 7.86. The van der Waals surface area contributed by atoms with Gasteiger partial charge in [0.15, 0.2) is 0 Å². The van der Waals surface area contributed by atoms with E-state index in [0.29, 0.717) is 5.92 Å². The molecule has 5 heteroatoms. The van der Waals surface area contributed by atoms with Gasteiger partial charge in [-0.2, -0.15) is 10.2 Å². The number of aryl methyl sites for hydroxylation is 1. The first-order valence-corrected chi connectivity index (χ1v) is 8.25. The van der Waals surface area contributed by atoms with Crippen molar-refractivity contribution in [2.45, 2.75) is 25.7 Å². The summed E-state index contributed by atoms with van der Waals surface area (Å²) in [6.45, 7) is 2.09. The molecule has 1 aliphatic rings. The zero-order chi connectivity index (χ0) is 16.1. The Hall–Kier alpha value is -2.95. The highest BCUT2D eigenvalue weighted by molar-refractivity contribution is 5.95. The molecule has 0 atom stereocenters. The van der Waals surface area contributed by atoms with E-state index in [0.717, 1.165) is 27.9 Å². The molecule has 3 heterocycles. The summed E-state index contributed by atoms with van der Waals surface area (Å²) >= 11 is 0. The van der Waals surface area contributed by atoms with Crippen LogP contribution in [0, 0.1) is 6.92 Å². The molecule has 4 aromatic rings. The van der Waals surface area contributed by atoms with Crippen molar-refractivity contribution in [2.75, 3.05) is 0 Å². The number of nitrogens with zero attached hydrogens (tertiary/aromatic N) is 3. The summed E-state index contributed by atoms with van der Waals surface area (Å²) in [6, 6.07) is 10.5. The molecule has 118 valence electrons. The Morgan fingerprint density at radius 1 is 0.958 bits per heavy atom. The van der Waals surface area contributed by atoms with Crippen LogP contribution in [0.1, 0.15) is 30.1 Å². The first kappa shape index (κ1) is 13.5. The average Bonchev–Trinajstić information content (AvgIpc) is 3.26. The average molecular weight is 315 g/mol. The smallest absolute Gasteiger partial charge is 0.100 e. The molecule has 0 bridgehead atoms. The standard InChI is InChI=1S/C19H17N5/c1-11-17(19(24-21-11)12-2-3-12)14-4-5-15-16(10-14)22-23-18(15)13-6-8-20-9-7-13/h4-10,12H,2-3H2,1H3,(H,21,24)(H,22,23). The second kappa shape index (κ2) is 5.03. The number of pyridine rings is 1. The summed E-state index contributed by atoms with van der Waals surface area (Å²) in [5.74, 6) is 0.620. The van der Waals surface area contributed by atoms with Crippen molar-refractivity contribution in [1.29, 1.82) is 0 Å².